The summed E-state index contributed by atoms with van der Waals surface area (Å²) in [6.45, 7) is 8.02. The van der Waals surface area contributed by atoms with Gasteiger partial charge in [-0.15, -0.1) is 0 Å². The fourth-order valence-electron chi connectivity index (χ4n) is 0.968. The van der Waals surface area contributed by atoms with Gasteiger partial charge in [0.1, 0.15) is 11.8 Å². The lowest BCUT2D eigenvalue weighted by molar-refractivity contribution is 0.823. The third-order valence-electron chi connectivity index (χ3n) is 1.62. The Hall–Kier alpha value is -1.23. The van der Waals surface area contributed by atoms with E-state index >= 15 is 0 Å². The molecule has 0 radical (unpaired) electrons. The maximum Gasteiger partial charge on any atom is 0.117 e. The second kappa shape index (κ2) is 7.42. The molecule has 0 aromatic heterocycles. The van der Waals surface area contributed by atoms with Gasteiger partial charge in [0.25, 0.3) is 0 Å². The van der Waals surface area contributed by atoms with Crippen LogP contribution in [0.25, 0.3) is 0 Å². The van der Waals surface area contributed by atoms with Crippen LogP contribution >= 0.6 is 0 Å². The minimum Gasteiger partial charge on any atom is -0.351 e. The SMILES string of the molecule is C=C(CCC)N/C(C#N)=C\CCC. The van der Waals surface area contributed by atoms with Crippen LogP contribution < -0.4 is 5.32 Å². The van der Waals surface area contributed by atoms with Gasteiger partial charge in [0, 0.05) is 5.70 Å². The highest BCUT2D eigenvalue weighted by Crippen LogP contribution is 2.02. The molecule has 0 spiro atoms. The van der Waals surface area contributed by atoms with Crippen molar-refractivity contribution in [2.75, 3.05) is 0 Å². The minimum atomic E-state index is 0.625. The van der Waals surface area contributed by atoms with E-state index in [4.69, 9.17) is 5.26 Å². The van der Waals surface area contributed by atoms with Crippen molar-refractivity contribution in [1.82, 2.24) is 5.32 Å². The molecule has 0 aliphatic heterocycles. The van der Waals surface area contributed by atoms with Crippen LogP contribution in [0, 0.1) is 11.3 Å². The summed E-state index contributed by atoms with van der Waals surface area (Å²) in [5.41, 5.74) is 1.55. The second-order valence-electron chi connectivity index (χ2n) is 3.00. The van der Waals surface area contributed by atoms with Gasteiger partial charge in [-0.3, -0.25) is 0 Å². The molecule has 2 heteroatoms. The summed E-state index contributed by atoms with van der Waals surface area (Å²) in [4.78, 5) is 0. The number of allylic oxidation sites excluding steroid dienone is 3. The maximum absolute atomic E-state index is 8.75. The summed E-state index contributed by atoms with van der Waals surface area (Å²) in [5.74, 6) is 0. The molecule has 0 aromatic carbocycles. The molecule has 0 atom stereocenters. The molecule has 0 saturated carbocycles. The summed E-state index contributed by atoms with van der Waals surface area (Å²) in [5, 5.41) is 11.8. The molecule has 0 aliphatic carbocycles. The molecule has 0 unspecified atom stereocenters. The maximum atomic E-state index is 8.75. The highest BCUT2D eigenvalue weighted by molar-refractivity contribution is 5.22. The molecule has 0 fully saturated rings. The van der Waals surface area contributed by atoms with E-state index in [9.17, 15) is 0 Å². The largest absolute Gasteiger partial charge is 0.351 e. The van der Waals surface area contributed by atoms with Gasteiger partial charge in [0.2, 0.25) is 0 Å². The van der Waals surface area contributed by atoms with E-state index in [0.717, 1.165) is 31.4 Å². The fraction of sp³-hybridized carbons (Fsp3) is 0.545. The minimum absolute atomic E-state index is 0.625. The Bertz CT molecular complexity index is 221. The highest BCUT2D eigenvalue weighted by Gasteiger charge is 1.95. The zero-order chi connectivity index (χ0) is 10.1. The van der Waals surface area contributed by atoms with Crippen molar-refractivity contribution in [3.8, 4) is 6.07 Å². The number of hydrogen-bond acceptors (Lipinski definition) is 2. The van der Waals surface area contributed by atoms with Crippen molar-refractivity contribution < 1.29 is 0 Å². The van der Waals surface area contributed by atoms with E-state index in [1.165, 1.54) is 0 Å². The lowest BCUT2D eigenvalue weighted by atomic mass is 10.2. The van der Waals surface area contributed by atoms with E-state index in [1.807, 2.05) is 6.08 Å². The van der Waals surface area contributed by atoms with Gasteiger partial charge in [-0.25, -0.2) is 0 Å². The number of hydrogen-bond donors (Lipinski definition) is 1. The Morgan fingerprint density at radius 3 is 2.62 bits per heavy atom. The molecule has 13 heavy (non-hydrogen) atoms. The van der Waals surface area contributed by atoms with Crippen LogP contribution in [-0.2, 0) is 0 Å². The Kier molecular flexibility index (Phi) is 6.72. The molecule has 0 heterocycles. The Labute approximate surface area is 81.0 Å². The average molecular weight is 178 g/mol. The number of rotatable bonds is 6. The van der Waals surface area contributed by atoms with E-state index in [2.05, 4.69) is 31.8 Å². The third-order valence-corrected chi connectivity index (χ3v) is 1.62. The summed E-state index contributed by atoms with van der Waals surface area (Å²) in [7, 11) is 0. The van der Waals surface area contributed by atoms with Crippen LogP contribution in [0.1, 0.15) is 39.5 Å². The monoisotopic (exact) mass is 178 g/mol. The van der Waals surface area contributed by atoms with Gasteiger partial charge in [-0.05, 0) is 18.9 Å². The molecule has 72 valence electrons. The van der Waals surface area contributed by atoms with Gasteiger partial charge in [0.05, 0.1) is 0 Å². The summed E-state index contributed by atoms with van der Waals surface area (Å²) < 4.78 is 0. The molecule has 0 aromatic rings. The van der Waals surface area contributed by atoms with Crippen molar-refractivity contribution in [1.29, 1.82) is 5.26 Å². The van der Waals surface area contributed by atoms with Crippen molar-refractivity contribution in [2.45, 2.75) is 39.5 Å². The summed E-state index contributed by atoms with van der Waals surface area (Å²) >= 11 is 0. The van der Waals surface area contributed by atoms with Crippen LogP contribution in [0.2, 0.25) is 0 Å². The van der Waals surface area contributed by atoms with E-state index in [1.54, 1.807) is 0 Å². The van der Waals surface area contributed by atoms with Crippen LogP contribution in [-0.4, -0.2) is 0 Å². The number of nitrogens with one attached hydrogen (secondary N) is 1. The average Bonchev–Trinajstić information content (AvgIpc) is 2.12. The van der Waals surface area contributed by atoms with Crippen LogP contribution in [0.4, 0.5) is 0 Å². The lowest BCUT2D eigenvalue weighted by Crippen LogP contribution is -2.10. The van der Waals surface area contributed by atoms with Gasteiger partial charge >= 0.3 is 0 Å². The van der Waals surface area contributed by atoms with E-state index < -0.39 is 0 Å². The predicted octanol–water partition coefficient (Wildman–Crippen LogP) is 3.10. The smallest absolute Gasteiger partial charge is 0.117 e. The first-order valence-corrected chi connectivity index (χ1v) is 4.79. The fourth-order valence-corrected chi connectivity index (χ4v) is 0.968. The molecule has 0 rings (SSSR count). The molecule has 2 nitrogen and oxygen atoms in total. The molecule has 0 aliphatic rings. The van der Waals surface area contributed by atoms with Gasteiger partial charge in [-0.2, -0.15) is 5.26 Å². The number of nitrogens with zero attached hydrogens (tertiary/aromatic N) is 1. The van der Waals surface area contributed by atoms with Crippen molar-refractivity contribution in [2.24, 2.45) is 0 Å². The second-order valence-corrected chi connectivity index (χ2v) is 3.00. The first-order valence-electron chi connectivity index (χ1n) is 4.79. The number of nitriles is 1. The van der Waals surface area contributed by atoms with Crippen LogP contribution in [0.5, 0.6) is 0 Å². The molecular formula is C11H18N2. The summed E-state index contributed by atoms with van der Waals surface area (Å²) in [6.07, 6.45) is 5.90. The van der Waals surface area contributed by atoms with Gasteiger partial charge in [-0.1, -0.05) is 33.3 Å². The van der Waals surface area contributed by atoms with E-state index in [0.29, 0.717) is 5.70 Å². The van der Waals surface area contributed by atoms with Gasteiger partial charge < -0.3 is 5.32 Å². The molecule has 1 N–H and O–H groups in total. The normalized spacial score (nSPS) is 10.7. The molecule has 0 saturated heterocycles. The Balaban J connectivity index is 3.99. The Morgan fingerprint density at radius 1 is 1.46 bits per heavy atom. The third kappa shape index (κ3) is 5.98. The topological polar surface area (TPSA) is 35.8 Å². The van der Waals surface area contributed by atoms with Gasteiger partial charge in [0.15, 0.2) is 0 Å². The number of unbranched alkanes of at least 4 members (excludes halogenated alkanes) is 1. The zero-order valence-electron chi connectivity index (χ0n) is 8.56. The first kappa shape index (κ1) is 11.8. The van der Waals surface area contributed by atoms with E-state index in [-0.39, 0.29) is 0 Å². The highest BCUT2D eigenvalue weighted by atomic mass is 14.9. The lowest BCUT2D eigenvalue weighted by Gasteiger charge is -2.06. The standard InChI is InChI=1S/C11H18N2/c1-4-6-8-11(9-12)13-10(3)7-5-2/h8,13H,3-7H2,1-2H3/b11-8-. The van der Waals surface area contributed by atoms with Crippen LogP contribution in [0.3, 0.4) is 0 Å². The Morgan fingerprint density at radius 2 is 2.15 bits per heavy atom. The van der Waals surface area contributed by atoms with Crippen molar-refractivity contribution in [3.63, 3.8) is 0 Å². The van der Waals surface area contributed by atoms with Crippen molar-refractivity contribution >= 4 is 0 Å². The molecule has 0 bridgehead atoms. The quantitative estimate of drug-likeness (QED) is 0.634. The zero-order valence-corrected chi connectivity index (χ0v) is 8.56. The molecule has 0 amide bonds. The first-order chi connectivity index (χ1) is 6.24. The predicted molar refractivity (Wildman–Crippen MR) is 55.8 cm³/mol. The molecular weight excluding hydrogens is 160 g/mol. The van der Waals surface area contributed by atoms with Crippen molar-refractivity contribution in [3.05, 3.63) is 24.0 Å². The van der Waals surface area contributed by atoms with Crippen LogP contribution in [0.15, 0.2) is 24.0 Å². The summed E-state index contributed by atoms with van der Waals surface area (Å²) in [6, 6.07) is 2.12.